The van der Waals surface area contributed by atoms with Gasteiger partial charge < -0.3 is 5.73 Å². The van der Waals surface area contributed by atoms with Crippen LogP contribution in [0.15, 0.2) is 0 Å². The molecule has 2 rings (SSSR count). The molecule has 0 spiro atoms. The van der Waals surface area contributed by atoms with Crippen LogP contribution < -0.4 is 5.73 Å². The number of fused-ring (bicyclic) bond motifs is 2. The van der Waals surface area contributed by atoms with Crippen LogP contribution in [0.3, 0.4) is 0 Å². The van der Waals surface area contributed by atoms with Gasteiger partial charge >= 0.3 is 0 Å². The Morgan fingerprint density at radius 1 is 1.07 bits per heavy atom. The molecule has 2 heteroatoms. The van der Waals surface area contributed by atoms with E-state index in [-0.39, 0.29) is 0 Å². The molecule has 2 nitrogen and oxygen atoms in total. The first-order chi connectivity index (χ1) is 6.48. The topological polar surface area (TPSA) is 29.3 Å². The predicted octanol–water partition coefficient (Wildman–Crippen LogP) is 1.84. The summed E-state index contributed by atoms with van der Waals surface area (Å²) in [6.07, 6.45) is 4.11. The predicted molar refractivity (Wildman–Crippen MR) is 60.1 cm³/mol. The molecule has 14 heavy (non-hydrogen) atoms. The Kier molecular flexibility index (Phi) is 2.61. The molecular weight excluding hydrogens is 172 g/mol. The summed E-state index contributed by atoms with van der Waals surface area (Å²) in [7, 11) is 0. The van der Waals surface area contributed by atoms with E-state index in [0.717, 1.165) is 11.8 Å². The zero-order chi connectivity index (χ0) is 10.3. The molecule has 0 radical (unpaired) electrons. The molecule has 0 aromatic carbocycles. The average Bonchev–Trinajstić information content (AvgIpc) is 2.00. The molecule has 0 unspecified atom stereocenters. The van der Waals surface area contributed by atoms with Gasteiger partial charge in [-0.3, -0.25) is 4.90 Å². The monoisotopic (exact) mass is 196 g/mol. The van der Waals surface area contributed by atoms with Crippen LogP contribution in [0, 0.1) is 11.8 Å². The highest BCUT2D eigenvalue weighted by atomic mass is 15.2. The maximum absolute atomic E-state index is 6.26. The normalized spacial score (nSPS) is 39.9. The van der Waals surface area contributed by atoms with E-state index in [4.69, 9.17) is 5.73 Å². The molecule has 0 amide bonds. The molecule has 2 N–H and O–H groups in total. The average molecular weight is 196 g/mol. The van der Waals surface area contributed by atoms with Crippen LogP contribution in [0.1, 0.15) is 40.0 Å². The highest BCUT2D eigenvalue weighted by Gasteiger charge is 2.40. The standard InChI is InChI=1S/C12H24N2/c1-12(2,3)14-7-9-5-4-6-10(8-14)11(9)13/h9-11H,4-8,13H2,1-3H3/t9-,10-/m1/s1. The molecule has 1 aliphatic heterocycles. The number of nitrogens with zero attached hydrogens (tertiary/aromatic N) is 1. The zero-order valence-electron chi connectivity index (χ0n) is 9.79. The van der Waals surface area contributed by atoms with Gasteiger partial charge in [-0.25, -0.2) is 0 Å². The van der Waals surface area contributed by atoms with E-state index in [0.29, 0.717) is 11.6 Å². The van der Waals surface area contributed by atoms with Crippen LogP contribution in [0.4, 0.5) is 0 Å². The third kappa shape index (κ3) is 1.82. The van der Waals surface area contributed by atoms with Crippen molar-refractivity contribution in [3.8, 4) is 0 Å². The molecule has 82 valence electrons. The van der Waals surface area contributed by atoms with Gasteiger partial charge in [-0.2, -0.15) is 0 Å². The van der Waals surface area contributed by atoms with Gasteiger partial charge in [0.15, 0.2) is 0 Å². The van der Waals surface area contributed by atoms with E-state index in [1.54, 1.807) is 0 Å². The van der Waals surface area contributed by atoms with Crippen molar-refractivity contribution in [3.63, 3.8) is 0 Å². The van der Waals surface area contributed by atoms with Crippen LogP contribution in [-0.4, -0.2) is 29.6 Å². The number of hydrogen-bond donors (Lipinski definition) is 1. The van der Waals surface area contributed by atoms with Crippen molar-refractivity contribution >= 4 is 0 Å². The molecule has 0 aromatic heterocycles. The van der Waals surface area contributed by atoms with Crippen molar-refractivity contribution in [2.75, 3.05) is 13.1 Å². The highest BCUT2D eigenvalue weighted by Crippen LogP contribution is 2.36. The largest absolute Gasteiger partial charge is 0.327 e. The van der Waals surface area contributed by atoms with Gasteiger partial charge in [0.1, 0.15) is 0 Å². The molecule has 2 atom stereocenters. The number of rotatable bonds is 0. The summed E-state index contributed by atoms with van der Waals surface area (Å²) < 4.78 is 0. The second kappa shape index (κ2) is 3.49. The van der Waals surface area contributed by atoms with E-state index in [1.165, 1.54) is 32.4 Å². The first kappa shape index (κ1) is 10.4. The van der Waals surface area contributed by atoms with Crippen molar-refractivity contribution in [2.45, 2.75) is 51.6 Å². The Morgan fingerprint density at radius 2 is 1.57 bits per heavy atom. The van der Waals surface area contributed by atoms with Gasteiger partial charge in [0, 0.05) is 24.7 Å². The minimum absolute atomic E-state index is 0.327. The summed E-state index contributed by atoms with van der Waals surface area (Å²) in [6, 6.07) is 0.488. The second-order valence-electron chi connectivity index (χ2n) is 6.10. The number of piperidine rings is 1. The summed E-state index contributed by atoms with van der Waals surface area (Å²) in [4.78, 5) is 2.63. The van der Waals surface area contributed by atoms with Crippen LogP contribution >= 0.6 is 0 Å². The van der Waals surface area contributed by atoms with Crippen molar-refractivity contribution in [1.29, 1.82) is 0 Å². The van der Waals surface area contributed by atoms with Crippen molar-refractivity contribution < 1.29 is 0 Å². The molecule has 1 saturated heterocycles. The van der Waals surface area contributed by atoms with E-state index in [2.05, 4.69) is 25.7 Å². The van der Waals surface area contributed by atoms with Crippen molar-refractivity contribution in [3.05, 3.63) is 0 Å². The molecule has 1 heterocycles. The van der Waals surface area contributed by atoms with E-state index < -0.39 is 0 Å². The molecule has 0 aromatic rings. The maximum atomic E-state index is 6.26. The maximum Gasteiger partial charge on any atom is 0.0125 e. The minimum atomic E-state index is 0.327. The van der Waals surface area contributed by atoms with E-state index in [1.807, 2.05) is 0 Å². The lowest BCUT2D eigenvalue weighted by atomic mass is 9.73. The SMILES string of the molecule is CC(C)(C)N1C[C@H]2CCC[C@H](C1)C2N. The Bertz CT molecular complexity index is 193. The van der Waals surface area contributed by atoms with Crippen molar-refractivity contribution in [2.24, 2.45) is 17.6 Å². The fraction of sp³-hybridized carbons (Fsp3) is 1.00. The van der Waals surface area contributed by atoms with Gasteiger partial charge in [0.2, 0.25) is 0 Å². The van der Waals surface area contributed by atoms with Gasteiger partial charge in [-0.1, -0.05) is 6.42 Å². The van der Waals surface area contributed by atoms with Gasteiger partial charge in [0.25, 0.3) is 0 Å². The molecule has 1 aliphatic carbocycles. The van der Waals surface area contributed by atoms with Crippen molar-refractivity contribution in [1.82, 2.24) is 4.90 Å². The highest BCUT2D eigenvalue weighted by molar-refractivity contribution is 4.95. The smallest absolute Gasteiger partial charge is 0.0125 e. The molecule has 1 saturated carbocycles. The third-order valence-electron chi connectivity index (χ3n) is 4.10. The number of nitrogens with two attached hydrogens (primary N) is 1. The van der Waals surface area contributed by atoms with Crippen LogP contribution in [0.5, 0.6) is 0 Å². The zero-order valence-corrected chi connectivity index (χ0v) is 9.79. The Labute approximate surface area is 87.8 Å². The first-order valence-electron chi connectivity index (χ1n) is 5.99. The van der Waals surface area contributed by atoms with E-state index in [9.17, 15) is 0 Å². The summed E-state index contributed by atoms with van der Waals surface area (Å²) in [5.41, 5.74) is 6.59. The lowest BCUT2D eigenvalue weighted by molar-refractivity contribution is 0.00864. The second-order valence-corrected chi connectivity index (χ2v) is 6.10. The third-order valence-corrected chi connectivity index (χ3v) is 4.10. The first-order valence-corrected chi connectivity index (χ1v) is 5.99. The summed E-state index contributed by atoms with van der Waals surface area (Å²) in [5.74, 6) is 1.53. The Hall–Kier alpha value is -0.0800. The van der Waals surface area contributed by atoms with Gasteiger partial charge in [0.05, 0.1) is 0 Å². The van der Waals surface area contributed by atoms with Crippen LogP contribution in [0.2, 0.25) is 0 Å². The van der Waals surface area contributed by atoms with Crippen LogP contribution in [-0.2, 0) is 0 Å². The summed E-state index contributed by atoms with van der Waals surface area (Å²) in [5, 5.41) is 0. The quantitative estimate of drug-likeness (QED) is 0.640. The molecule has 2 fully saturated rings. The lowest BCUT2D eigenvalue weighted by Crippen LogP contribution is -2.59. The lowest BCUT2D eigenvalue weighted by Gasteiger charge is -2.50. The Balaban J connectivity index is 2.08. The van der Waals surface area contributed by atoms with Crippen LogP contribution in [0.25, 0.3) is 0 Å². The van der Waals surface area contributed by atoms with Gasteiger partial charge in [-0.05, 0) is 45.4 Å². The van der Waals surface area contributed by atoms with Gasteiger partial charge in [-0.15, -0.1) is 0 Å². The molecule has 2 aliphatic rings. The van der Waals surface area contributed by atoms with E-state index >= 15 is 0 Å². The fourth-order valence-electron chi connectivity index (χ4n) is 3.03. The summed E-state index contributed by atoms with van der Waals surface area (Å²) >= 11 is 0. The number of likely N-dealkylation sites (tertiary alicyclic amines) is 1. The molecule has 2 bridgehead atoms. The molecular formula is C12H24N2. The Morgan fingerprint density at radius 3 is 2.00 bits per heavy atom. The summed E-state index contributed by atoms with van der Waals surface area (Å²) in [6.45, 7) is 9.40. The minimum Gasteiger partial charge on any atom is -0.327 e. The fourth-order valence-corrected chi connectivity index (χ4v) is 3.03. The number of hydrogen-bond acceptors (Lipinski definition) is 2.